The van der Waals surface area contributed by atoms with E-state index in [1.54, 1.807) is 22.9 Å². The summed E-state index contributed by atoms with van der Waals surface area (Å²) in [6, 6.07) is 14.0. The highest BCUT2D eigenvalue weighted by Gasteiger charge is 2.35. The van der Waals surface area contributed by atoms with Crippen molar-refractivity contribution in [2.24, 2.45) is 5.73 Å². The molecule has 0 bridgehead atoms. The van der Waals surface area contributed by atoms with Crippen molar-refractivity contribution in [1.82, 2.24) is 14.8 Å². The van der Waals surface area contributed by atoms with Gasteiger partial charge in [0, 0.05) is 17.1 Å². The molecule has 1 aliphatic rings. The molecule has 3 aromatic rings. The molecule has 162 valence electrons. The Morgan fingerprint density at radius 3 is 2.50 bits per heavy atom. The Kier molecular flexibility index (Phi) is 5.59. The Bertz CT molecular complexity index is 1270. The first-order valence-electron chi connectivity index (χ1n) is 10.2. The summed E-state index contributed by atoms with van der Waals surface area (Å²) in [4.78, 5) is 50.5. The molecule has 8 heteroatoms. The van der Waals surface area contributed by atoms with Crippen LogP contribution in [0.5, 0.6) is 0 Å². The first kappa shape index (κ1) is 21.0. The lowest BCUT2D eigenvalue weighted by molar-refractivity contribution is -0.130. The smallest absolute Gasteiger partial charge is 0.331 e. The molecule has 0 aliphatic carbocycles. The molecule has 1 saturated heterocycles. The summed E-state index contributed by atoms with van der Waals surface area (Å²) in [7, 11) is 0. The van der Waals surface area contributed by atoms with Gasteiger partial charge >= 0.3 is 6.03 Å². The summed E-state index contributed by atoms with van der Waals surface area (Å²) >= 11 is 0. The van der Waals surface area contributed by atoms with Gasteiger partial charge in [-0.1, -0.05) is 55.5 Å². The predicted octanol–water partition coefficient (Wildman–Crippen LogP) is 2.35. The van der Waals surface area contributed by atoms with Gasteiger partial charge in [0.1, 0.15) is 12.1 Å². The average molecular weight is 430 g/mol. The molecule has 8 nitrogen and oxygen atoms in total. The van der Waals surface area contributed by atoms with Gasteiger partial charge in [0.25, 0.3) is 11.8 Å². The van der Waals surface area contributed by atoms with Crippen LogP contribution in [0.4, 0.5) is 4.79 Å². The number of primary amides is 1. The number of carbonyl (C=O) groups is 4. The lowest BCUT2D eigenvalue weighted by atomic mass is 10.0. The van der Waals surface area contributed by atoms with Gasteiger partial charge < -0.3 is 10.3 Å². The number of nitrogens with two attached hydrogens (primary N) is 1. The molecule has 1 aromatic heterocycles. The van der Waals surface area contributed by atoms with Crippen LogP contribution in [0.3, 0.4) is 0 Å². The zero-order valence-corrected chi connectivity index (χ0v) is 17.5. The number of hydrogen-bond acceptors (Lipinski definition) is 4. The summed E-state index contributed by atoms with van der Waals surface area (Å²) in [5, 5.41) is 3.02. The van der Waals surface area contributed by atoms with Gasteiger partial charge in [0.15, 0.2) is 0 Å². The van der Waals surface area contributed by atoms with Crippen molar-refractivity contribution in [2.75, 3.05) is 0 Å². The summed E-state index contributed by atoms with van der Waals surface area (Å²) in [5.74, 6) is -1.94. The predicted molar refractivity (Wildman–Crippen MR) is 119 cm³/mol. The monoisotopic (exact) mass is 430 g/mol. The minimum Gasteiger partial charge on any atom is -0.368 e. The van der Waals surface area contributed by atoms with Crippen LogP contribution in [0.2, 0.25) is 0 Å². The van der Waals surface area contributed by atoms with E-state index >= 15 is 0 Å². The van der Waals surface area contributed by atoms with E-state index < -0.39 is 23.8 Å². The summed E-state index contributed by atoms with van der Waals surface area (Å²) < 4.78 is 1.72. The number of barbiturate groups is 1. The standard InChI is InChI=1S/C24H22N4O4/c1-2-16-9-6-10-18-17(13-27(21(16)18)14-20(25)29)11-19-22(30)26-24(32)28(23(19)31)12-15-7-4-3-5-8-15/h3-11,13H,2,12,14H2,1H3,(H2,25,29)(H,26,30,32)/b19-11+. The maximum atomic E-state index is 13.1. The number of rotatable bonds is 6. The lowest BCUT2D eigenvalue weighted by Crippen LogP contribution is -2.53. The van der Waals surface area contributed by atoms with Gasteiger partial charge in [0.2, 0.25) is 5.91 Å². The SMILES string of the molecule is CCc1cccc2c(/C=C3\C(=O)NC(=O)N(Cc4ccccc4)C3=O)cn(CC(N)=O)c12. The number of aryl methyl sites for hydroxylation is 1. The van der Waals surface area contributed by atoms with E-state index in [9.17, 15) is 19.2 Å². The van der Waals surface area contributed by atoms with Crippen LogP contribution in [0, 0.1) is 0 Å². The minimum absolute atomic E-state index is 0.0323. The van der Waals surface area contributed by atoms with Crippen molar-refractivity contribution in [3.63, 3.8) is 0 Å². The maximum absolute atomic E-state index is 13.1. The van der Waals surface area contributed by atoms with Gasteiger partial charge in [-0.15, -0.1) is 0 Å². The van der Waals surface area contributed by atoms with E-state index in [1.165, 1.54) is 6.08 Å². The van der Waals surface area contributed by atoms with Crippen LogP contribution in [-0.2, 0) is 33.9 Å². The second kappa shape index (κ2) is 8.50. The Morgan fingerprint density at radius 2 is 1.81 bits per heavy atom. The van der Waals surface area contributed by atoms with Gasteiger partial charge in [0.05, 0.1) is 12.1 Å². The summed E-state index contributed by atoms with van der Waals surface area (Å²) in [5.41, 5.74) is 8.44. The molecular weight excluding hydrogens is 408 g/mol. The highest BCUT2D eigenvalue weighted by atomic mass is 16.2. The quantitative estimate of drug-likeness (QED) is 0.461. The Morgan fingerprint density at radius 1 is 1.06 bits per heavy atom. The highest BCUT2D eigenvalue weighted by Crippen LogP contribution is 2.28. The average Bonchev–Trinajstić information content (AvgIpc) is 3.11. The highest BCUT2D eigenvalue weighted by molar-refractivity contribution is 6.31. The molecule has 0 radical (unpaired) electrons. The zero-order chi connectivity index (χ0) is 22.8. The topological polar surface area (TPSA) is 114 Å². The van der Waals surface area contributed by atoms with E-state index in [2.05, 4.69) is 5.32 Å². The third-order valence-corrected chi connectivity index (χ3v) is 5.39. The van der Waals surface area contributed by atoms with Gasteiger partial charge in [-0.25, -0.2) is 4.79 Å². The maximum Gasteiger partial charge on any atom is 0.331 e. The van der Waals surface area contributed by atoms with Crippen LogP contribution in [-0.4, -0.2) is 33.2 Å². The third-order valence-electron chi connectivity index (χ3n) is 5.39. The number of fused-ring (bicyclic) bond motifs is 1. The fourth-order valence-corrected chi connectivity index (χ4v) is 3.92. The van der Waals surface area contributed by atoms with Crippen molar-refractivity contribution in [2.45, 2.75) is 26.4 Å². The van der Waals surface area contributed by atoms with E-state index in [0.29, 0.717) is 5.56 Å². The molecule has 3 N–H and O–H groups in total. The second-order valence-corrected chi connectivity index (χ2v) is 7.54. The Balaban J connectivity index is 1.78. The van der Waals surface area contributed by atoms with Crippen LogP contribution in [0.1, 0.15) is 23.6 Å². The first-order valence-corrected chi connectivity index (χ1v) is 10.2. The number of urea groups is 1. The molecule has 1 aliphatic heterocycles. The lowest BCUT2D eigenvalue weighted by Gasteiger charge is -2.26. The largest absolute Gasteiger partial charge is 0.368 e. The van der Waals surface area contributed by atoms with Gasteiger partial charge in [-0.05, 0) is 23.6 Å². The number of carbonyl (C=O) groups excluding carboxylic acids is 4. The van der Waals surface area contributed by atoms with Gasteiger partial charge in [-0.2, -0.15) is 0 Å². The Labute approximate surface area is 184 Å². The molecule has 32 heavy (non-hydrogen) atoms. The molecule has 0 spiro atoms. The number of benzene rings is 2. The summed E-state index contributed by atoms with van der Waals surface area (Å²) in [6.45, 7) is 2.01. The van der Waals surface area contributed by atoms with E-state index in [4.69, 9.17) is 5.73 Å². The summed E-state index contributed by atoms with van der Waals surface area (Å²) in [6.07, 6.45) is 3.89. The van der Waals surface area contributed by atoms with Gasteiger partial charge in [-0.3, -0.25) is 24.6 Å². The van der Waals surface area contributed by atoms with Crippen molar-refractivity contribution in [1.29, 1.82) is 0 Å². The molecule has 0 atom stereocenters. The van der Waals surface area contributed by atoms with E-state index in [-0.39, 0.29) is 18.7 Å². The Hall–Kier alpha value is -4.20. The van der Waals surface area contributed by atoms with Crippen LogP contribution < -0.4 is 11.1 Å². The third kappa shape index (κ3) is 3.90. The molecule has 5 amide bonds. The molecule has 1 fully saturated rings. The molecule has 2 aromatic carbocycles. The van der Waals surface area contributed by atoms with Crippen molar-refractivity contribution >= 4 is 40.7 Å². The first-order chi connectivity index (χ1) is 15.4. The molecule has 2 heterocycles. The number of para-hydroxylation sites is 1. The molecule has 0 unspecified atom stereocenters. The van der Waals surface area contributed by atoms with Crippen LogP contribution >= 0.6 is 0 Å². The number of nitrogens with one attached hydrogen (secondary N) is 1. The minimum atomic E-state index is -0.759. The van der Waals surface area contributed by atoms with Crippen molar-refractivity contribution in [3.05, 3.63) is 77.0 Å². The fourth-order valence-electron chi connectivity index (χ4n) is 3.92. The molecule has 4 rings (SSSR count). The number of nitrogens with zero attached hydrogens (tertiary/aromatic N) is 2. The fraction of sp³-hybridized carbons (Fsp3) is 0.167. The number of imide groups is 2. The van der Waals surface area contributed by atoms with Crippen LogP contribution in [0.15, 0.2) is 60.3 Å². The van der Waals surface area contributed by atoms with E-state index in [0.717, 1.165) is 33.4 Å². The van der Waals surface area contributed by atoms with E-state index in [1.807, 2.05) is 43.3 Å². The zero-order valence-electron chi connectivity index (χ0n) is 17.5. The van der Waals surface area contributed by atoms with Crippen molar-refractivity contribution in [3.8, 4) is 0 Å². The van der Waals surface area contributed by atoms with Crippen LogP contribution in [0.25, 0.3) is 17.0 Å². The number of aromatic nitrogens is 1. The number of hydrogen-bond donors (Lipinski definition) is 2. The second-order valence-electron chi connectivity index (χ2n) is 7.54. The normalized spacial score (nSPS) is 15.5. The van der Waals surface area contributed by atoms with Crippen molar-refractivity contribution < 1.29 is 19.2 Å². The molecule has 0 saturated carbocycles. The number of amides is 5. The molecular formula is C24H22N4O4.